The van der Waals surface area contributed by atoms with E-state index < -0.39 is 16.6 Å². The fourth-order valence-corrected chi connectivity index (χ4v) is 8.04. The second-order valence-electron chi connectivity index (χ2n) is 16.1. The predicted octanol–water partition coefficient (Wildman–Crippen LogP) is 6.87. The van der Waals surface area contributed by atoms with Gasteiger partial charge in [-0.2, -0.15) is 15.0 Å². The van der Waals surface area contributed by atoms with Crippen molar-refractivity contribution < 1.29 is 13.6 Å². The number of nitrogens with zero attached hydrogens (tertiary/aromatic N) is 5. The first-order valence-electron chi connectivity index (χ1n) is 16.5. The Hall–Kier alpha value is -2.06. The van der Waals surface area contributed by atoms with Crippen molar-refractivity contribution in [1.29, 1.82) is 0 Å². The Morgan fingerprint density at radius 2 is 1.18 bits per heavy atom. The number of aromatic nitrogens is 3. The highest BCUT2D eigenvalue weighted by Crippen LogP contribution is 2.41. The molecule has 3 aliphatic heterocycles. The van der Waals surface area contributed by atoms with Crippen molar-refractivity contribution in [3.63, 3.8) is 0 Å². The van der Waals surface area contributed by atoms with Crippen molar-refractivity contribution in [2.24, 2.45) is 0 Å². The molecule has 44 heavy (non-hydrogen) atoms. The first-order chi connectivity index (χ1) is 20.5. The molecule has 1 aromatic carbocycles. The Morgan fingerprint density at radius 3 is 1.64 bits per heavy atom. The minimum absolute atomic E-state index is 0.138. The van der Waals surface area contributed by atoms with Crippen molar-refractivity contribution in [1.82, 2.24) is 15.0 Å². The summed E-state index contributed by atoms with van der Waals surface area (Å²) in [7, 11) is -3.91. The Labute approximate surface area is 267 Å². The lowest BCUT2D eigenvalue weighted by Gasteiger charge is -2.40. The summed E-state index contributed by atoms with van der Waals surface area (Å²) < 4.78 is 19.6. The normalized spacial score (nSPS) is 24.8. The number of ether oxygens (including phenoxy) is 1. The quantitative estimate of drug-likeness (QED) is 0.233. The van der Waals surface area contributed by atoms with Gasteiger partial charge in [0.05, 0.1) is 50.6 Å². The van der Waals surface area contributed by atoms with Gasteiger partial charge in [0.1, 0.15) is 0 Å². The largest absolute Gasteiger partial charge is 0.415 e. The molecule has 244 valence electrons. The molecule has 2 aromatic rings. The standard InChI is InChI=1S/C33H56N6O3Si2/c1-32(2,3)43(7,8)41-21-27-17-18-28(22-42-44(9,10)33(4,5)6)39(27)31-36-29(23-11-13-24(34)14-12-23)35-30(37-31)38-25-15-16-26(38)20-40-19-25/h11-14,25-28H,15-22,34H2,1-10H3. The average molecular weight is 641 g/mol. The Bertz CT molecular complexity index is 1240. The van der Waals surface area contributed by atoms with Crippen molar-refractivity contribution >= 4 is 34.2 Å². The van der Waals surface area contributed by atoms with Crippen LogP contribution in [0.3, 0.4) is 0 Å². The number of fused-ring (bicyclic) bond motifs is 2. The Morgan fingerprint density at radius 1 is 0.727 bits per heavy atom. The lowest BCUT2D eigenvalue weighted by molar-refractivity contribution is 0.0897. The molecule has 11 heteroatoms. The van der Waals surface area contributed by atoms with E-state index in [2.05, 4.69) is 77.5 Å². The average Bonchev–Trinajstić information content (AvgIpc) is 3.46. The van der Waals surface area contributed by atoms with Gasteiger partial charge in [0.2, 0.25) is 11.9 Å². The number of nitrogens with two attached hydrogens (primary N) is 1. The summed E-state index contributed by atoms with van der Waals surface area (Å²) >= 11 is 0. The number of benzene rings is 1. The number of hydrogen-bond donors (Lipinski definition) is 1. The lowest BCUT2D eigenvalue weighted by Crippen LogP contribution is -2.50. The first kappa shape index (κ1) is 33.3. The van der Waals surface area contributed by atoms with Gasteiger partial charge < -0.3 is 29.1 Å². The second kappa shape index (κ2) is 12.3. The fraction of sp³-hybridized carbons (Fsp3) is 0.727. The van der Waals surface area contributed by atoms with E-state index in [1.165, 1.54) is 0 Å². The molecule has 0 radical (unpaired) electrons. The minimum Gasteiger partial charge on any atom is -0.415 e. The Kier molecular flexibility index (Phi) is 9.29. The fourth-order valence-electron chi connectivity index (χ4n) is 5.96. The van der Waals surface area contributed by atoms with E-state index in [4.69, 9.17) is 34.3 Å². The highest BCUT2D eigenvalue weighted by molar-refractivity contribution is 6.74. The van der Waals surface area contributed by atoms with Crippen LogP contribution in [0, 0.1) is 0 Å². The monoisotopic (exact) mass is 640 g/mol. The number of rotatable bonds is 9. The van der Waals surface area contributed by atoms with Gasteiger partial charge >= 0.3 is 0 Å². The maximum Gasteiger partial charge on any atom is 0.231 e. The van der Waals surface area contributed by atoms with Crippen LogP contribution in [0.4, 0.5) is 17.6 Å². The summed E-state index contributed by atoms with van der Waals surface area (Å²) in [5, 5.41) is 0.277. The maximum absolute atomic E-state index is 6.85. The number of anilines is 3. The van der Waals surface area contributed by atoms with Crippen LogP contribution in [0.1, 0.15) is 67.2 Å². The van der Waals surface area contributed by atoms with Gasteiger partial charge in [-0.3, -0.25) is 0 Å². The van der Waals surface area contributed by atoms with Crippen LogP contribution in [0.2, 0.25) is 36.3 Å². The van der Waals surface area contributed by atoms with Crippen LogP contribution < -0.4 is 15.5 Å². The molecule has 0 amide bonds. The third kappa shape index (κ3) is 6.86. The molecule has 2 N–H and O–H groups in total. The first-order valence-corrected chi connectivity index (χ1v) is 22.3. The van der Waals surface area contributed by atoms with Gasteiger partial charge in [-0.25, -0.2) is 0 Å². The molecule has 1 aromatic heterocycles. The molecule has 3 fully saturated rings. The summed E-state index contributed by atoms with van der Waals surface area (Å²) in [5.41, 5.74) is 7.71. The molecule has 9 nitrogen and oxygen atoms in total. The van der Waals surface area contributed by atoms with E-state index in [0.29, 0.717) is 32.3 Å². The van der Waals surface area contributed by atoms with E-state index in [1.54, 1.807) is 0 Å². The molecule has 4 atom stereocenters. The third-order valence-corrected chi connectivity index (χ3v) is 20.0. The van der Waals surface area contributed by atoms with E-state index >= 15 is 0 Å². The zero-order chi connectivity index (χ0) is 32.1. The molecular weight excluding hydrogens is 585 g/mol. The van der Waals surface area contributed by atoms with E-state index in [-0.39, 0.29) is 34.2 Å². The smallest absolute Gasteiger partial charge is 0.231 e. The van der Waals surface area contributed by atoms with Crippen LogP contribution in [-0.4, -0.2) is 82.2 Å². The van der Waals surface area contributed by atoms with Gasteiger partial charge in [0, 0.05) is 11.3 Å². The predicted molar refractivity (Wildman–Crippen MR) is 185 cm³/mol. The van der Waals surface area contributed by atoms with Crippen LogP contribution in [-0.2, 0) is 13.6 Å². The topological polar surface area (TPSA) is 98.9 Å². The summed E-state index contributed by atoms with van der Waals surface area (Å²) in [6.45, 7) is 25.9. The summed E-state index contributed by atoms with van der Waals surface area (Å²) in [6.07, 6.45) is 4.22. The molecule has 4 unspecified atom stereocenters. The molecule has 0 spiro atoms. The van der Waals surface area contributed by atoms with Gasteiger partial charge in [-0.15, -0.1) is 0 Å². The van der Waals surface area contributed by atoms with Crippen molar-refractivity contribution in [3.8, 4) is 11.4 Å². The molecule has 0 aliphatic carbocycles. The molecule has 2 bridgehead atoms. The number of hydrogen-bond acceptors (Lipinski definition) is 9. The van der Waals surface area contributed by atoms with Crippen LogP contribution in [0.15, 0.2) is 24.3 Å². The zero-order valence-electron chi connectivity index (χ0n) is 28.8. The van der Waals surface area contributed by atoms with Gasteiger partial charge in [-0.1, -0.05) is 41.5 Å². The highest BCUT2D eigenvalue weighted by atomic mass is 28.4. The second-order valence-corrected chi connectivity index (χ2v) is 25.8. The zero-order valence-corrected chi connectivity index (χ0v) is 30.8. The number of nitrogen functional groups attached to an aromatic ring is 1. The summed E-state index contributed by atoms with van der Waals surface area (Å²) in [5.74, 6) is 2.14. The molecule has 5 rings (SSSR count). The van der Waals surface area contributed by atoms with E-state index in [1.807, 2.05) is 24.3 Å². The molecule has 3 saturated heterocycles. The minimum atomic E-state index is -1.95. The van der Waals surface area contributed by atoms with Gasteiger partial charge in [-0.05, 0) is 86.2 Å². The lowest BCUT2D eigenvalue weighted by atomic mass is 10.2. The summed E-state index contributed by atoms with van der Waals surface area (Å²) in [6, 6.07) is 8.74. The maximum atomic E-state index is 6.85. The van der Waals surface area contributed by atoms with E-state index in [0.717, 1.165) is 48.8 Å². The van der Waals surface area contributed by atoms with Crippen LogP contribution in [0.25, 0.3) is 11.4 Å². The molecular formula is C33H56N6O3Si2. The summed E-state index contributed by atoms with van der Waals surface area (Å²) in [4.78, 5) is 20.4. The van der Waals surface area contributed by atoms with Gasteiger partial charge in [0.15, 0.2) is 22.5 Å². The van der Waals surface area contributed by atoms with Crippen molar-refractivity contribution in [2.75, 3.05) is 42.0 Å². The van der Waals surface area contributed by atoms with E-state index in [9.17, 15) is 0 Å². The van der Waals surface area contributed by atoms with Crippen LogP contribution in [0.5, 0.6) is 0 Å². The van der Waals surface area contributed by atoms with Crippen molar-refractivity contribution in [3.05, 3.63) is 24.3 Å². The van der Waals surface area contributed by atoms with Crippen LogP contribution >= 0.6 is 0 Å². The molecule has 4 heterocycles. The van der Waals surface area contributed by atoms with Gasteiger partial charge in [0.25, 0.3) is 0 Å². The molecule has 3 aliphatic rings. The molecule has 0 saturated carbocycles. The third-order valence-electron chi connectivity index (χ3n) is 11.0. The highest BCUT2D eigenvalue weighted by Gasteiger charge is 2.44. The SMILES string of the molecule is CC(C)(C)[Si](C)(C)OCC1CCC(CO[Si](C)(C)C(C)(C)C)N1c1nc(-c2ccc(N)cc2)nc(N2C3CCC2COC3)n1. The number of morpholine rings is 1. The van der Waals surface area contributed by atoms with Crippen molar-refractivity contribution in [2.45, 2.75) is 128 Å². The Balaban J connectivity index is 1.55.